The van der Waals surface area contributed by atoms with E-state index >= 15 is 0 Å². The Labute approximate surface area is 161 Å². The topological polar surface area (TPSA) is 61.0 Å². The molecule has 4 aromatic rings. The molecule has 0 aliphatic rings. The van der Waals surface area contributed by atoms with Crippen LogP contribution in [-0.4, -0.2) is 21.7 Å². The van der Waals surface area contributed by atoms with Crippen molar-refractivity contribution in [2.45, 2.75) is 20.3 Å². The van der Waals surface area contributed by atoms with Gasteiger partial charge in [-0.15, -0.1) is 11.3 Å². The van der Waals surface area contributed by atoms with E-state index in [2.05, 4.69) is 10.1 Å². The van der Waals surface area contributed by atoms with Gasteiger partial charge in [-0.05, 0) is 44.2 Å². The van der Waals surface area contributed by atoms with E-state index in [0.717, 1.165) is 27.6 Å². The predicted molar refractivity (Wildman–Crippen MR) is 106 cm³/mol. The van der Waals surface area contributed by atoms with Crippen LogP contribution in [0, 0.1) is 6.92 Å². The average Bonchev–Trinajstić information content (AvgIpc) is 3.33. The average molecular weight is 377 g/mol. The van der Waals surface area contributed by atoms with Gasteiger partial charge in [-0.1, -0.05) is 28.9 Å². The second-order valence-electron chi connectivity index (χ2n) is 6.14. The van der Waals surface area contributed by atoms with Crippen LogP contribution in [0.5, 0.6) is 5.75 Å². The number of thiazole rings is 1. The Balaban J connectivity index is 1.48. The molecule has 0 amide bonds. The maximum Gasteiger partial charge on any atom is 0.233 e. The molecular weight excluding hydrogens is 358 g/mol. The number of nitrogens with zero attached hydrogens (tertiary/aromatic N) is 3. The van der Waals surface area contributed by atoms with Crippen molar-refractivity contribution < 1.29 is 9.26 Å². The molecule has 136 valence electrons. The van der Waals surface area contributed by atoms with Crippen LogP contribution in [0.3, 0.4) is 0 Å². The highest BCUT2D eigenvalue weighted by molar-refractivity contribution is 7.10. The third kappa shape index (κ3) is 4.06. The lowest BCUT2D eigenvalue weighted by atomic mass is 10.1. The van der Waals surface area contributed by atoms with Crippen molar-refractivity contribution in [1.82, 2.24) is 15.1 Å². The summed E-state index contributed by atoms with van der Waals surface area (Å²) in [5.74, 6) is 2.04. The SMILES string of the molecule is CCOc1ccc(-c2csc(Cc3nc(-c4cccc(C)c4)no3)n2)cc1. The Hall–Kier alpha value is -2.99. The van der Waals surface area contributed by atoms with Gasteiger partial charge in [-0.2, -0.15) is 4.98 Å². The first kappa shape index (κ1) is 17.4. The van der Waals surface area contributed by atoms with E-state index < -0.39 is 0 Å². The zero-order valence-electron chi connectivity index (χ0n) is 15.2. The summed E-state index contributed by atoms with van der Waals surface area (Å²) in [7, 11) is 0. The fourth-order valence-electron chi connectivity index (χ4n) is 2.77. The van der Waals surface area contributed by atoms with E-state index in [1.165, 1.54) is 5.56 Å². The van der Waals surface area contributed by atoms with Crippen molar-refractivity contribution in [3.63, 3.8) is 0 Å². The van der Waals surface area contributed by atoms with Crippen LogP contribution in [0.15, 0.2) is 58.4 Å². The summed E-state index contributed by atoms with van der Waals surface area (Å²) in [5, 5.41) is 7.08. The lowest BCUT2D eigenvalue weighted by Gasteiger charge is -2.03. The number of aromatic nitrogens is 3. The molecule has 0 unspecified atom stereocenters. The van der Waals surface area contributed by atoms with Crippen molar-refractivity contribution in [3.05, 3.63) is 70.4 Å². The van der Waals surface area contributed by atoms with Crippen LogP contribution in [0.2, 0.25) is 0 Å². The highest BCUT2D eigenvalue weighted by Gasteiger charge is 2.12. The van der Waals surface area contributed by atoms with Gasteiger partial charge in [0.25, 0.3) is 0 Å². The molecule has 2 heterocycles. The maximum atomic E-state index is 5.48. The molecular formula is C21H19N3O2S. The van der Waals surface area contributed by atoms with Crippen molar-refractivity contribution >= 4 is 11.3 Å². The fraction of sp³-hybridized carbons (Fsp3) is 0.190. The molecule has 0 saturated carbocycles. The van der Waals surface area contributed by atoms with Crippen LogP contribution in [0.4, 0.5) is 0 Å². The van der Waals surface area contributed by atoms with Gasteiger partial charge in [-0.3, -0.25) is 0 Å². The Kier molecular flexibility index (Phi) is 4.98. The van der Waals surface area contributed by atoms with Gasteiger partial charge < -0.3 is 9.26 Å². The summed E-state index contributed by atoms with van der Waals surface area (Å²) in [6.07, 6.45) is 0.528. The van der Waals surface area contributed by atoms with Gasteiger partial charge in [-0.25, -0.2) is 4.98 Å². The Morgan fingerprint density at radius 3 is 2.67 bits per heavy atom. The van der Waals surface area contributed by atoms with Crippen molar-refractivity contribution in [2.24, 2.45) is 0 Å². The van der Waals surface area contributed by atoms with Gasteiger partial charge in [0, 0.05) is 16.5 Å². The molecule has 0 radical (unpaired) electrons. The first-order valence-electron chi connectivity index (χ1n) is 8.78. The van der Waals surface area contributed by atoms with Crippen LogP contribution < -0.4 is 4.74 Å². The zero-order chi connectivity index (χ0) is 18.6. The number of hydrogen-bond donors (Lipinski definition) is 0. The second-order valence-corrected chi connectivity index (χ2v) is 7.08. The molecule has 6 heteroatoms. The molecule has 2 aromatic carbocycles. The predicted octanol–water partition coefficient (Wildman–Crippen LogP) is 5.16. The minimum absolute atomic E-state index is 0.528. The summed E-state index contributed by atoms with van der Waals surface area (Å²) in [6.45, 7) is 4.68. The first-order valence-corrected chi connectivity index (χ1v) is 9.66. The highest BCUT2D eigenvalue weighted by Crippen LogP contribution is 2.26. The van der Waals surface area contributed by atoms with Crippen LogP contribution in [0.25, 0.3) is 22.6 Å². The quantitative estimate of drug-likeness (QED) is 0.464. The third-order valence-electron chi connectivity index (χ3n) is 4.06. The monoisotopic (exact) mass is 377 g/mol. The Morgan fingerprint density at radius 1 is 1.04 bits per heavy atom. The lowest BCUT2D eigenvalue weighted by molar-refractivity contribution is 0.340. The molecule has 5 nitrogen and oxygen atoms in total. The van der Waals surface area contributed by atoms with Crippen molar-refractivity contribution in [3.8, 4) is 28.4 Å². The van der Waals surface area contributed by atoms with Crippen molar-refractivity contribution in [2.75, 3.05) is 6.61 Å². The molecule has 0 aliphatic carbocycles. The minimum Gasteiger partial charge on any atom is -0.494 e. The summed E-state index contributed by atoms with van der Waals surface area (Å²) in [4.78, 5) is 9.20. The lowest BCUT2D eigenvalue weighted by Crippen LogP contribution is -1.91. The van der Waals surface area contributed by atoms with Crippen molar-refractivity contribution in [1.29, 1.82) is 0 Å². The summed E-state index contributed by atoms with van der Waals surface area (Å²) < 4.78 is 10.9. The largest absolute Gasteiger partial charge is 0.494 e. The highest BCUT2D eigenvalue weighted by atomic mass is 32.1. The third-order valence-corrected chi connectivity index (χ3v) is 4.91. The number of aryl methyl sites for hydroxylation is 1. The van der Waals surface area contributed by atoms with E-state index in [-0.39, 0.29) is 0 Å². The summed E-state index contributed by atoms with van der Waals surface area (Å²) >= 11 is 1.59. The van der Waals surface area contributed by atoms with Gasteiger partial charge in [0.1, 0.15) is 10.8 Å². The molecule has 0 aliphatic heterocycles. The molecule has 0 N–H and O–H groups in total. The van der Waals surface area contributed by atoms with E-state index in [9.17, 15) is 0 Å². The van der Waals surface area contributed by atoms with Gasteiger partial charge in [0.05, 0.1) is 18.7 Å². The van der Waals surface area contributed by atoms with E-state index in [4.69, 9.17) is 14.2 Å². The summed E-state index contributed by atoms with van der Waals surface area (Å²) in [6, 6.07) is 16.0. The molecule has 0 bridgehead atoms. The van der Waals surface area contributed by atoms with E-state index in [1.54, 1.807) is 11.3 Å². The Bertz CT molecular complexity index is 1040. The summed E-state index contributed by atoms with van der Waals surface area (Å²) in [5.41, 5.74) is 4.13. The molecule has 4 rings (SSSR count). The number of hydrogen-bond acceptors (Lipinski definition) is 6. The fourth-order valence-corrected chi connectivity index (χ4v) is 3.57. The maximum absolute atomic E-state index is 5.48. The van der Waals surface area contributed by atoms with Crippen LogP contribution >= 0.6 is 11.3 Å². The van der Waals surface area contributed by atoms with Gasteiger partial charge in [0.15, 0.2) is 0 Å². The standard InChI is InChI=1S/C21H19N3O2S/c1-3-25-17-9-7-15(8-10-17)18-13-27-20(22-18)12-19-23-21(24-26-19)16-6-4-5-14(2)11-16/h4-11,13H,3,12H2,1-2H3. The van der Waals surface area contributed by atoms with Gasteiger partial charge in [0.2, 0.25) is 11.7 Å². The number of benzene rings is 2. The molecule has 2 aromatic heterocycles. The number of rotatable bonds is 6. The first-order chi connectivity index (χ1) is 13.2. The molecule has 0 atom stereocenters. The molecule has 27 heavy (non-hydrogen) atoms. The zero-order valence-corrected chi connectivity index (χ0v) is 16.0. The second kappa shape index (κ2) is 7.72. The minimum atomic E-state index is 0.528. The van der Waals surface area contributed by atoms with Gasteiger partial charge >= 0.3 is 0 Å². The molecule has 0 spiro atoms. The van der Waals surface area contributed by atoms with Crippen LogP contribution in [-0.2, 0) is 6.42 Å². The number of ether oxygens (including phenoxy) is 1. The van der Waals surface area contributed by atoms with E-state index in [1.807, 2.05) is 67.8 Å². The van der Waals surface area contributed by atoms with Crippen LogP contribution in [0.1, 0.15) is 23.4 Å². The van der Waals surface area contributed by atoms with E-state index in [0.29, 0.717) is 24.7 Å². The normalized spacial score (nSPS) is 10.9. The smallest absolute Gasteiger partial charge is 0.233 e. The molecule has 0 saturated heterocycles. The Morgan fingerprint density at radius 2 is 1.89 bits per heavy atom. The molecule has 0 fully saturated rings.